The molecule has 3 N–H and O–H groups in total. The number of carboxylic acid groups (broad SMARTS) is 1. The van der Waals surface area contributed by atoms with Crippen molar-refractivity contribution in [2.75, 3.05) is 0 Å². The lowest BCUT2D eigenvalue weighted by Crippen LogP contribution is -2.50. The second kappa shape index (κ2) is 3.60. The molecule has 0 amide bonds. The lowest BCUT2D eigenvalue weighted by atomic mass is 9.64. The number of aliphatic carboxylic acids is 1. The fourth-order valence-electron chi connectivity index (χ4n) is 3.12. The topological polar surface area (TPSA) is 73.3 Å². The number of hydrogen-bond acceptors (Lipinski definition) is 2. The van der Waals surface area contributed by atoms with Gasteiger partial charge < -0.3 is 15.2 Å². The molecular weight excluding hydrogens is 218 g/mol. The van der Waals surface area contributed by atoms with Crippen molar-refractivity contribution in [3.05, 3.63) is 23.0 Å². The number of aliphatic hydroxyl groups is 1. The van der Waals surface area contributed by atoms with Gasteiger partial charge in [-0.1, -0.05) is 0 Å². The molecule has 0 radical (unpaired) electrons. The summed E-state index contributed by atoms with van der Waals surface area (Å²) in [6, 6.07) is 2.01. The van der Waals surface area contributed by atoms with Crippen molar-refractivity contribution in [2.24, 2.45) is 0 Å². The predicted molar refractivity (Wildman–Crippen MR) is 62.0 cm³/mol. The summed E-state index contributed by atoms with van der Waals surface area (Å²) in [6.07, 6.45) is 4.63. The smallest absolute Gasteiger partial charge is 0.315 e. The van der Waals surface area contributed by atoms with Gasteiger partial charge >= 0.3 is 5.97 Å². The molecule has 1 heterocycles. The molecule has 0 aromatic carbocycles. The zero-order chi connectivity index (χ0) is 12.0. The number of hydrogen-bond donors (Lipinski definition) is 3. The third kappa shape index (κ3) is 1.51. The van der Waals surface area contributed by atoms with Crippen LogP contribution >= 0.6 is 0 Å². The van der Waals surface area contributed by atoms with E-state index in [9.17, 15) is 15.0 Å². The van der Waals surface area contributed by atoms with E-state index < -0.39 is 17.5 Å². The van der Waals surface area contributed by atoms with Crippen molar-refractivity contribution in [3.8, 4) is 0 Å². The highest BCUT2D eigenvalue weighted by atomic mass is 16.4. The Morgan fingerprint density at radius 2 is 2.06 bits per heavy atom. The zero-order valence-corrected chi connectivity index (χ0v) is 9.70. The third-order valence-electron chi connectivity index (χ3n) is 4.21. The van der Waals surface area contributed by atoms with Crippen LogP contribution < -0.4 is 0 Å². The Hall–Kier alpha value is -1.29. The first kappa shape index (κ1) is 10.8. The van der Waals surface area contributed by atoms with E-state index in [0.29, 0.717) is 12.8 Å². The average Bonchev–Trinajstić information content (AvgIpc) is 2.67. The van der Waals surface area contributed by atoms with Gasteiger partial charge in [-0.2, -0.15) is 0 Å². The van der Waals surface area contributed by atoms with Crippen LogP contribution in [-0.4, -0.2) is 27.3 Å². The summed E-state index contributed by atoms with van der Waals surface area (Å²) in [5.41, 5.74) is 2.40. The van der Waals surface area contributed by atoms with Gasteiger partial charge in [0, 0.05) is 11.4 Å². The number of nitrogens with one attached hydrogen (secondary N) is 1. The summed E-state index contributed by atoms with van der Waals surface area (Å²) in [5, 5.41) is 18.8. The van der Waals surface area contributed by atoms with E-state index in [4.69, 9.17) is 0 Å². The summed E-state index contributed by atoms with van der Waals surface area (Å²) in [6.45, 7) is 0. The molecule has 0 atom stereocenters. The van der Waals surface area contributed by atoms with Crippen LogP contribution in [0, 0.1) is 0 Å². The average molecular weight is 235 g/mol. The Labute approximate surface area is 99.7 Å². The van der Waals surface area contributed by atoms with Crippen molar-refractivity contribution in [1.82, 2.24) is 4.98 Å². The molecule has 0 bridgehead atoms. The van der Waals surface area contributed by atoms with Gasteiger partial charge in [0.1, 0.15) is 5.41 Å². The van der Waals surface area contributed by atoms with Crippen molar-refractivity contribution in [2.45, 2.75) is 50.0 Å². The summed E-state index contributed by atoms with van der Waals surface area (Å²) >= 11 is 0. The van der Waals surface area contributed by atoms with E-state index in [1.165, 1.54) is 24.1 Å². The van der Waals surface area contributed by atoms with Crippen molar-refractivity contribution in [1.29, 1.82) is 0 Å². The van der Waals surface area contributed by atoms with E-state index >= 15 is 0 Å². The number of rotatable bonds is 2. The van der Waals surface area contributed by atoms with Crippen molar-refractivity contribution in [3.63, 3.8) is 0 Å². The minimum absolute atomic E-state index is 0.335. The Balaban J connectivity index is 1.97. The monoisotopic (exact) mass is 235 g/mol. The maximum absolute atomic E-state index is 11.4. The number of carboxylic acids is 1. The highest BCUT2D eigenvalue weighted by molar-refractivity contribution is 5.82. The molecular formula is C13H17NO3. The fourth-order valence-corrected chi connectivity index (χ4v) is 3.12. The van der Waals surface area contributed by atoms with Gasteiger partial charge in [-0.05, 0) is 50.2 Å². The van der Waals surface area contributed by atoms with Crippen LogP contribution in [0.1, 0.15) is 42.6 Å². The molecule has 2 aliphatic rings. The normalized spacial score (nSPS) is 31.7. The molecule has 0 spiro atoms. The van der Waals surface area contributed by atoms with Crippen LogP contribution in [0.4, 0.5) is 0 Å². The summed E-state index contributed by atoms with van der Waals surface area (Å²) in [7, 11) is 0. The highest BCUT2D eigenvalue weighted by Gasteiger charge is 2.52. The van der Waals surface area contributed by atoms with Gasteiger partial charge in [0.05, 0.1) is 6.10 Å². The van der Waals surface area contributed by atoms with E-state index in [0.717, 1.165) is 18.5 Å². The maximum Gasteiger partial charge on any atom is 0.315 e. The molecule has 4 heteroatoms. The molecule has 1 aromatic heterocycles. The number of aryl methyl sites for hydroxylation is 2. The number of fused-ring (bicyclic) bond motifs is 1. The van der Waals surface area contributed by atoms with Gasteiger partial charge in [0.2, 0.25) is 0 Å². The minimum atomic E-state index is -0.864. The van der Waals surface area contributed by atoms with E-state index in [1.54, 1.807) is 0 Å². The van der Waals surface area contributed by atoms with Crippen LogP contribution in [0.2, 0.25) is 0 Å². The predicted octanol–water partition coefficient (Wildman–Crippen LogP) is 1.37. The molecule has 1 fully saturated rings. The van der Waals surface area contributed by atoms with Crippen LogP contribution in [0.3, 0.4) is 0 Å². The molecule has 2 aliphatic carbocycles. The van der Waals surface area contributed by atoms with Crippen molar-refractivity contribution < 1.29 is 15.0 Å². The van der Waals surface area contributed by atoms with E-state index in [-0.39, 0.29) is 0 Å². The summed E-state index contributed by atoms with van der Waals surface area (Å²) < 4.78 is 0. The quantitative estimate of drug-likeness (QED) is 0.725. The molecule has 4 nitrogen and oxygen atoms in total. The number of aliphatic hydroxyl groups excluding tert-OH is 1. The first-order chi connectivity index (χ1) is 8.12. The van der Waals surface area contributed by atoms with Crippen LogP contribution in [0.5, 0.6) is 0 Å². The first-order valence-corrected chi connectivity index (χ1v) is 6.24. The minimum Gasteiger partial charge on any atom is -0.481 e. The fraction of sp³-hybridized carbons (Fsp3) is 0.615. The lowest BCUT2D eigenvalue weighted by molar-refractivity contribution is -0.153. The number of carbonyl (C=O) groups is 1. The second-order valence-corrected chi connectivity index (χ2v) is 5.34. The SMILES string of the molecule is O=C(O)C1(c2cc3c([nH]2)CCCC3)CC(O)C1. The van der Waals surface area contributed by atoms with Gasteiger partial charge in [-0.3, -0.25) is 4.79 Å². The largest absolute Gasteiger partial charge is 0.481 e. The third-order valence-corrected chi connectivity index (χ3v) is 4.21. The van der Waals surface area contributed by atoms with Crippen LogP contribution in [0.15, 0.2) is 6.07 Å². The second-order valence-electron chi connectivity index (χ2n) is 5.34. The van der Waals surface area contributed by atoms with Gasteiger partial charge in [-0.25, -0.2) is 0 Å². The molecule has 1 aromatic rings. The van der Waals surface area contributed by atoms with Gasteiger partial charge in [0.25, 0.3) is 0 Å². The molecule has 0 aliphatic heterocycles. The van der Waals surface area contributed by atoms with Crippen LogP contribution in [0.25, 0.3) is 0 Å². The lowest BCUT2D eigenvalue weighted by Gasteiger charge is -2.41. The first-order valence-electron chi connectivity index (χ1n) is 6.24. The Kier molecular flexibility index (Phi) is 2.30. The number of aromatic nitrogens is 1. The van der Waals surface area contributed by atoms with Crippen molar-refractivity contribution >= 4 is 5.97 Å². The highest BCUT2D eigenvalue weighted by Crippen LogP contribution is 2.44. The Bertz CT molecular complexity index is 434. The summed E-state index contributed by atoms with van der Waals surface area (Å²) in [5.74, 6) is -0.818. The van der Waals surface area contributed by atoms with E-state index in [2.05, 4.69) is 4.98 Å². The Morgan fingerprint density at radius 1 is 1.35 bits per heavy atom. The standard InChI is InChI=1S/C13H17NO3/c15-9-6-13(7-9,12(16)17)11-5-8-3-1-2-4-10(8)14-11/h5,9,14-15H,1-4,6-7H2,(H,16,17). The molecule has 0 saturated heterocycles. The molecule has 92 valence electrons. The van der Waals surface area contributed by atoms with Gasteiger partial charge in [-0.15, -0.1) is 0 Å². The Morgan fingerprint density at radius 3 is 2.65 bits per heavy atom. The zero-order valence-electron chi connectivity index (χ0n) is 9.70. The molecule has 0 unspecified atom stereocenters. The summed E-state index contributed by atoms with van der Waals surface area (Å²) in [4.78, 5) is 14.7. The molecule has 1 saturated carbocycles. The number of H-pyrrole nitrogens is 1. The van der Waals surface area contributed by atoms with Gasteiger partial charge in [0.15, 0.2) is 0 Å². The maximum atomic E-state index is 11.4. The molecule has 3 rings (SSSR count). The number of aromatic amines is 1. The van der Waals surface area contributed by atoms with E-state index in [1.807, 2.05) is 6.07 Å². The van der Waals surface area contributed by atoms with Crippen LogP contribution in [-0.2, 0) is 23.1 Å². The molecule has 17 heavy (non-hydrogen) atoms.